The number of aromatic nitrogens is 3. The van der Waals surface area contributed by atoms with Crippen molar-refractivity contribution in [3.63, 3.8) is 0 Å². The minimum Gasteiger partial charge on any atom is -0.398 e. The molecule has 1 aromatic carbocycles. The Balaban J connectivity index is 2.03. The van der Waals surface area contributed by atoms with Crippen LogP contribution in [0.15, 0.2) is 41.1 Å². The maximum absolute atomic E-state index is 6.14. The van der Waals surface area contributed by atoms with Gasteiger partial charge in [-0.15, -0.1) is 0 Å². The predicted molar refractivity (Wildman–Crippen MR) is 83.3 cm³/mol. The summed E-state index contributed by atoms with van der Waals surface area (Å²) in [7, 11) is 0. The van der Waals surface area contributed by atoms with Crippen molar-refractivity contribution in [2.45, 2.75) is 18.9 Å². The second-order valence-corrected chi connectivity index (χ2v) is 6.05. The Morgan fingerprint density at radius 1 is 1.25 bits per heavy atom. The molecule has 4 rings (SSSR count). The van der Waals surface area contributed by atoms with Crippen LogP contribution in [0.25, 0.3) is 22.4 Å². The summed E-state index contributed by atoms with van der Waals surface area (Å²) in [6.45, 7) is 0. The molecule has 3 aromatic rings. The maximum Gasteiger partial charge on any atom is 0.143 e. The molecular formula is C15H13BrN4. The van der Waals surface area contributed by atoms with Crippen LogP contribution in [-0.4, -0.2) is 14.5 Å². The Hall–Kier alpha value is -1.88. The highest BCUT2D eigenvalue weighted by molar-refractivity contribution is 9.10. The number of fused-ring (bicyclic) bond motifs is 1. The molecule has 4 nitrogen and oxygen atoms in total. The molecule has 0 saturated heterocycles. The van der Waals surface area contributed by atoms with Crippen LogP contribution >= 0.6 is 15.9 Å². The molecule has 1 saturated carbocycles. The molecule has 2 N–H and O–H groups in total. The third kappa shape index (κ3) is 1.81. The van der Waals surface area contributed by atoms with Crippen molar-refractivity contribution in [1.82, 2.24) is 14.5 Å². The van der Waals surface area contributed by atoms with Crippen LogP contribution in [0.3, 0.4) is 0 Å². The van der Waals surface area contributed by atoms with Gasteiger partial charge in [-0.25, -0.2) is 4.98 Å². The van der Waals surface area contributed by atoms with E-state index in [0.29, 0.717) is 6.04 Å². The smallest absolute Gasteiger partial charge is 0.143 e. The maximum atomic E-state index is 6.14. The van der Waals surface area contributed by atoms with Gasteiger partial charge in [0.05, 0.1) is 11.7 Å². The molecule has 20 heavy (non-hydrogen) atoms. The fourth-order valence-corrected chi connectivity index (χ4v) is 2.93. The van der Waals surface area contributed by atoms with Crippen molar-refractivity contribution in [1.29, 1.82) is 0 Å². The molecule has 0 bridgehead atoms. The SMILES string of the molecule is Nc1ccc(Br)cc1-c1nc2cnccc2n1C1CC1. The number of halogens is 1. The minimum atomic E-state index is 0.538. The minimum absolute atomic E-state index is 0.538. The molecule has 100 valence electrons. The summed E-state index contributed by atoms with van der Waals surface area (Å²) in [5, 5.41) is 0. The molecule has 1 aliphatic rings. The number of nitrogens with zero attached hydrogens (tertiary/aromatic N) is 3. The fourth-order valence-electron chi connectivity index (χ4n) is 2.57. The average Bonchev–Trinajstić information content (AvgIpc) is 3.21. The zero-order valence-corrected chi connectivity index (χ0v) is 12.3. The molecule has 2 heterocycles. The molecule has 0 aliphatic heterocycles. The molecule has 5 heteroatoms. The first-order chi connectivity index (χ1) is 9.74. The molecule has 0 amide bonds. The van der Waals surface area contributed by atoms with Crippen LogP contribution in [-0.2, 0) is 0 Å². The van der Waals surface area contributed by atoms with Gasteiger partial charge in [-0.1, -0.05) is 15.9 Å². The van der Waals surface area contributed by atoms with Gasteiger partial charge in [0, 0.05) is 28.0 Å². The van der Waals surface area contributed by atoms with E-state index in [0.717, 1.165) is 32.6 Å². The first-order valence-electron chi connectivity index (χ1n) is 6.61. The van der Waals surface area contributed by atoms with E-state index in [9.17, 15) is 0 Å². The van der Waals surface area contributed by atoms with E-state index >= 15 is 0 Å². The Labute approximate surface area is 124 Å². The topological polar surface area (TPSA) is 56.7 Å². The molecule has 1 aliphatic carbocycles. The van der Waals surface area contributed by atoms with Crippen LogP contribution in [0.2, 0.25) is 0 Å². The van der Waals surface area contributed by atoms with E-state index in [1.54, 1.807) is 0 Å². The van der Waals surface area contributed by atoms with Crippen molar-refractivity contribution in [2.24, 2.45) is 0 Å². The molecule has 0 radical (unpaired) electrons. The molecule has 2 aromatic heterocycles. The van der Waals surface area contributed by atoms with E-state index in [4.69, 9.17) is 10.7 Å². The molecule has 0 atom stereocenters. The summed E-state index contributed by atoms with van der Waals surface area (Å²) in [5.41, 5.74) is 9.93. The van der Waals surface area contributed by atoms with Crippen LogP contribution in [0.1, 0.15) is 18.9 Å². The highest BCUT2D eigenvalue weighted by atomic mass is 79.9. The number of hydrogen-bond donors (Lipinski definition) is 1. The lowest BCUT2D eigenvalue weighted by atomic mass is 10.1. The van der Waals surface area contributed by atoms with Crippen LogP contribution in [0.5, 0.6) is 0 Å². The lowest BCUT2D eigenvalue weighted by molar-refractivity contribution is 0.775. The quantitative estimate of drug-likeness (QED) is 0.728. The molecular weight excluding hydrogens is 316 g/mol. The van der Waals surface area contributed by atoms with E-state index in [1.807, 2.05) is 36.7 Å². The van der Waals surface area contributed by atoms with Gasteiger partial charge in [-0.2, -0.15) is 0 Å². The van der Waals surface area contributed by atoms with E-state index < -0.39 is 0 Å². The number of nitrogens with two attached hydrogens (primary N) is 1. The average molecular weight is 329 g/mol. The summed E-state index contributed by atoms with van der Waals surface area (Å²) < 4.78 is 3.31. The number of pyridine rings is 1. The fraction of sp³-hybridized carbons (Fsp3) is 0.200. The van der Waals surface area contributed by atoms with Crippen LogP contribution < -0.4 is 5.73 Å². The lowest BCUT2D eigenvalue weighted by Gasteiger charge is -2.10. The third-order valence-corrected chi connectivity index (χ3v) is 4.15. The van der Waals surface area contributed by atoms with Gasteiger partial charge in [0.1, 0.15) is 11.3 Å². The van der Waals surface area contributed by atoms with Gasteiger partial charge in [-0.05, 0) is 37.1 Å². The summed E-state index contributed by atoms with van der Waals surface area (Å²) in [6, 6.07) is 8.45. The normalized spacial score (nSPS) is 14.8. The second-order valence-electron chi connectivity index (χ2n) is 5.13. The Morgan fingerprint density at radius 2 is 2.10 bits per heavy atom. The molecule has 1 fully saturated rings. The lowest BCUT2D eigenvalue weighted by Crippen LogP contribution is -2.00. The summed E-state index contributed by atoms with van der Waals surface area (Å²) in [4.78, 5) is 8.91. The molecule has 0 unspecified atom stereocenters. The van der Waals surface area contributed by atoms with Gasteiger partial charge < -0.3 is 10.3 Å². The van der Waals surface area contributed by atoms with E-state index in [-0.39, 0.29) is 0 Å². The monoisotopic (exact) mass is 328 g/mol. The largest absolute Gasteiger partial charge is 0.398 e. The third-order valence-electron chi connectivity index (χ3n) is 3.66. The predicted octanol–water partition coefficient (Wildman–Crippen LogP) is 3.78. The van der Waals surface area contributed by atoms with E-state index in [1.165, 1.54) is 12.8 Å². The Bertz CT molecular complexity index is 805. The van der Waals surface area contributed by atoms with E-state index in [2.05, 4.69) is 25.5 Å². The number of hydrogen-bond acceptors (Lipinski definition) is 3. The number of nitrogen functional groups attached to an aromatic ring is 1. The zero-order chi connectivity index (χ0) is 13.7. The Morgan fingerprint density at radius 3 is 2.90 bits per heavy atom. The number of benzene rings is 1. The van der Waals surface area contributed by atoms with Crippen molar-refractivity contribution in [3.8, 4) is 11.4 Å². The van der Waals surface area contributed by atoms with Crippen LogP contribution in [0.4, 0.5) is 5.69 Å². The second kappa shape index (κ2) is 4.31. The summed E-state index contributed by atoms with van der Waals surface area (Å²) >= 11 is 3.51. The van der Waals surface area contributed by atoms with Crippen molar-refractivity contribution in [2.75, 3.05) is 5.73 Å². The van der Waals surface area contributed by atoms with Gasteiger partial charge in [-0.3, -0.25) is 4.98 Å². The highest BCUT2D eigenvalue weighted by Gasteiger charge is 2.29. The van der Waals surface area contributed by atoms with Crippen LogP contribution in [0, 0.1) is 0 Å². The van der Waals surface area contributed by atoms with Gasteiger partial charge in [0.15, 0.2) is 0 Å². The van der Waals surface area contributed by atoms with Gasteiger partial charge in [0.25, 0.3) is 0 Å². The van der Waals surface area contributed by atoms with Crippen molar-refractivity contribution in [3.05, 3.63) is 41.1 Å². The van der Waals surface area contributed by atoms with Gasteiger partial charge in [0.2, 0.25) is 0 Å². The zero-order valence-electron chi connectivity index (χ0n) is 10.8. The highest BCUT2D eigenvalue weighted by Crippen LogP contribution is 2.42. The standard InChI is InChI=1S/C15H13BrN4/c16-9-1-4-12(17)11(7-9)15-19-13-8-18-6-5-14(13)20(15)10-2-3-10/h1,4-8,10H,2-3,17H2. The number of anilines is 1. The summed E-state index contributed by atoms with van der Waals surface area (Å²) in [6.07, 6.45) is 6.03. The number of imidazole rings is 1. The number of rotatable bonds is 2. The van der Waals surface area contributed by atoms with Gasteiger partial charge >= 0.3 is 0 Å². The van der Waals surface area contributed by atoms with Crippen molar-refractivity contribution < 1.29 is 0 Å². The first-order valence-corrected chi connectivity index (χ1v) is 7.40. The first kappa shape index (κ1) is 11.9. The summed E-state index contributed by atoms with van der Waals surface area (Å²) in [5.74, 6) is 0.939. The molecule has 0 spiro atoms. The Kier molecular flexibility index (Phi) is 2.57. The van der Waals surface area contributed by atoms with Crippen molar-refractivity contribution >= 4 is 32.7 Å².